The van der Waals surface area contributed by atoms with Crippen LogP contribution in [0.15, 0.2) is 309 Å². The van der Waals surface area contributed by atoms with E-state index in [1.165, 1.54) is 63.0 Å². The van der Waals surface area contributed by atoms with E-state index in [2.05, 4.69) is 319 Å². The largest absolute Gasteiger partial charge is 0.294 e. The van der Waals surface area contributed by atoms with Crippen molar-refractivity contribution in [2.24, 2.45) is 0 Å². The van der Waals surface area contributed by atoms with E-state index in [-0.39, 0.29) is 0 Å². The summed E-state index contributed by atoms with van der Waals surface area (Å²) in [5.74, 6) is 1.72. The molecule has 0 aliphatic heterocycles. The van der Waals surface area contributed by atoms with Crippen LogP contribution < -0.4 is 41.5 Å². The number of rotatable bonds is 11. The van der Waals surface area contributed by atoms with Crippen molar-refractivity contribution in [1.82, 2.24) is 14.1 Å². The second-order valence-electron chi connectivity index (χ2n) is 19.8. The Balaban J connectivity index is 1.02. The summed E-state index contributed by atoms with van der Waals surface area (Å²) in [6, 6.07) is 115. The fraction of sp³-hybridized carbons (Fsp3) is 0. The Morgan fingerprint density at radius 1 is 0.211 bits per heavy atom. The zero-order chi connectivity index (χ0) is 50.5. The van der Waals surface area contributed by atoms with E-state index >= 15 is 0 Å². The van der Waals surface area contributed by atoms with Crippen LogP contribution >= 0.6 is 0 Å². The molecule has 0 bridgehead atoms. The Bertz CT molecular complexity index is 3910. The lowest BCUT2D eigenvalue weighted by Gasteiger charge is -2.34. The standard InChI is InChI=1S/C71H51N3Si2/c1-8-26-52(27-9-1)53-48-70(73-66-42-24-22-40-62(66)64-50-60(44-46-68(64)73)75(54-28-10-2-11-29-54,55-30-12-3-13-31-55)56-32-14-4-15-33-56)72-71(49-53)74-67-43-25-23-41-63(67)65-51-61(45-47-69(65)74)76(57-34-16-5-17-35-57,58-36-18-6-19-37-58)59-38-20-7-21-39-59/h1-51H. The SMILES string of the molecule is c1ccc(-c2cc(-n3c4ccccc4c4cc([Si](c5ccccc5)(c5ccccc5)c5ccccc5)ccc43)nc(-n3c4ccccc4c4cc([Si](c5ccccc5)(c5ccccc5)c5ccccc5)ccc43)c2)cc1. The second-order valence-corrected chi connectivity index (χ2v) is 27.4. The summed E-state index contributed by atoms with van der Waals surface area (Å²) < 4.78 is 4.79. The lowest BCUT2D eigenvalue weighted by atomic mass is 10.1. The first kappa shape index (κ1) is 45.2. The number of benzene rings is 11. The summed E-state index contributed by atoms with van der Waals surface area (Å²) >= 11 is 0. The van der Waals surface area contributed by atoms with E-state index in [1.807, 2.05) is 0 Å². The molecule has 11 aromatic carbocycles. The maximum atomic E-state index is 5.82. The van der Waals surface area contributed by atoms with Crippen LogP contribution in [0.25, 0.3) is 66.4 Å². The fourth-order valence-corrected chi connectivity index (χ4v) is 22.1. The van der Waals surface area contributed by atoms with Gasteiger partial charge in [-0.25, -0.2) is 4.98 Å². The van der Waals surface area contributed by atoms with Crippen molar-refractivity contribution in [3.63, 3.8) is 0 Å². The molecule has 0 amide bonds. The molecular weight excluding hydrogens is 951 g/mol. The van der Waals surface area contributed by atoms with E-state index in [1.54, 1.807) is 0 Å². The van der Waals surface area contributed by atoms with Crippen LogP contribution in [0.5, 0.6) is 0 Å². The number of hydrogen-bond donors (Lipinski definition) is 0. The van der Waals surface area contributed by atoms with E-state index in [9.17, 15) is 0 Å². The van der Waals surface area contributed by atoms with Gasteiger partial charge >= 0.3 is 0 Å². The van der Waals surface area contributed by atoms with Crippen molar-refractivity contribution in [3.8, 4) is 22.8 Å². The van der Waals surface area contributed by atoms with Gasteiger partial charge in [-0.1, -0.05) is 273 Å². The third kappa shape index (κ3) is 7.19. The fourth-order valence-electron chi connectivity index (χ4n) is 12.6. The lowest BCUT2D eigenvalue weighted by molar-refractivity contribution is 1.01. The number of fused-ring (bicyclic) bond motifs is 6. The molecule has 0 saturated carbocycles. The van der Waals surface area contributed by atoms with Crippen LogP contribution in [-0.2, 0) is 0 Å². The van der Waals surface area contributed by atoms with Crippen molar-refractivity contribution in [2.45, 2.75) is 0 Å². The number of hydrogen-bond acceptors (Lipinski definition) is 1. The molecule has 3 heterocycles. The van der Waals surface area contributed by atoms with Crippen molar-refractivity contribution < 1.29 is 0 Å². The van der Waals surface area contributed by atoms with Gasteiger partial charge in [0.1, 0.15) is 11.6 Å². The van der Waals surface area contributed by atoms with Crippen LogP contribution in [0.4, 0.5) is 0 Å². The first-order chi connectivity index (χ1) is 37.7. The summed E-state index contributed by atoms with van der Waals surface area (Å²) in [4.78, 5) is 5.82. The molecule has 0 aliphatic carbocycles. The smallest absolute Gasteiger partial charge is 0.179 e. The van der Waals surface area contributed by atoms with Crippen molar-refractivity contribution in [2.75, 3.05) is 0 Å². The molecule has 5 heteroatoms. The van der Waals surface area contributed by atoms with Gasteiger partial charge < -0.3 is 0 Å². The lowest BCUT2D eigenvalue weighted by Crippen LogP contribution is -2.74. The second kappa shape index (κ2) is 18.8. The molecule has 14 aromatic rings. The van der Waals surface area contributed by atoms with E-state index in [4.69, 9.17) is 4.98 Å². The summed E-state index contributed by atoms with van der Waals surface area (Å²) in [7, 11) is -5.65. The zero-order valence-corrected chi connectivity index (χ0v) is 43.8. The van der Waals surface area contributed by atoms with E-state index in [0.717, 1.165) is 44.8 Å². The Morgan fingerprint density at radius 3 is 0.816 bits per heavy atom. The van der Waals surface area contributed by atoms with Gasteiger partial charge in [0.25, 0.3) is 0 Å². The van der Waals surface area contributed by atoms with Crippen LogP contribution in [-0.4, -0.2) is 30.3 Å². The highest BCUT2D eigenvalue weighted by atomic mass is 28.3. The van der Waals surface area contributed by atoms with Gasteiger partial charge in [-0.2, -0.15) is 0 Å². The number of nitrogens with zero attached hydrogens (tertiary/aromatic N) is 3. The number of pyridine rings is 1. The van der Waals surface area contributed by atoms with Gasteiger partial charge in [0.15, 0.2) is 16.1 Å². The number of para-hydroxylation sites is 2. The summed E-state index contributed by atoms with van der Waals surface area (Å²) in [6.45, 7) is 0. The van der Waals surface area contributed by atoms with Crippen LogP contribution in [0.2, 0.25) is 0 Å². The molecule has 0 fully saturated rings. The van der Waals surface area contributed by atoms with Crippen molar-refractivity contribution in [1.29, 1.82) is 0 Å². The van der Waals surface area contributed by atoms with Crippen LogP contribution in [0.1, 0.15) is 0 Å². The number of aromatic nitrogens is 3. The topological polar surface area (TPSA) is 22.8 Å². The first-order valence-electron chi connectivity index (χ1n) is 26.2. The molecule has 14 rings (SSSR count). The highest BCUT2D eigenvalue weighted by Crippen LogP contribution is 2.37. The summed E-state index contributed by atoms with van der Waals surface area (Å²) in [6.07, 6.45) is 0. The molecule has 76 heavy (non-hydrogen) atoms. The van der Waals surface area contributed by atoms with Crippen LogP contribution in [0.3, 0.4) is 0 Å². The minimum Gasteiger partial charge on any atom is -0.294 e. The molecule has 0 radical (unpaired) electrons. The van der Waals surface area contributed by atoms with E-state index < -0.39 is 16.1 Å². The monoisotopic (exact) mass is 1000 g/mol. The zero-order valence-electron chi connectivity index (χ0n) is 41.8. The quantitative estimate of drug-likeness (QED) is 0.0935. The third-order valence-corrected chi connectivity index (χ3v) is 25.4. The van der Waals surface area contributed by atoms with Gasteiger partial charge in [-0.05, 0) is 89.0 Å². The normalized spacial score (nSPS) is 11.9. The maximum Gasteiger partial charge on any atom is 0.179 e. The third-order valence-electron chi connectivity index (χ3n) is 15.8. The molecular formula is C71H51N3Si2. The maximum absolute atomic E-state index is 5.82. The molecule has 0 unspecified atom stereocenters. The average molecular weight is 1000 g/mol. The molecule has 0 N–H and O–H groups in total. The highest BCUT2D eigenvalue weighted by Gasteiger charge is 2.43. The predicted octanol–water partition coefficient (Wildman–Crippen LogP) is 11.7. The van der Waals surface area contributed by atoms with Crippen molar-refractivity contribution in [3.05, 3.63) is 309 Å². The van der Waals surface area contributed by atoms with Gasteiger partial charge in [0.05, 0.1) is 22.1 Å². The first-order valence-corrected chi connectivity index (χ1v) is 30.2. The van der Waals surface area contributed by atoms with Crippen LogP contribution in [0, 0.1) is 0 Å². The molecule has 0 spiro atoms. The highest BCUT2D eigenvalue weighted by molar-refractivity contribution is 7.20. The van der Waals surface area contributed by atoms with Gasteiger partial charge in [0.2, 0.25) is 0 Å². The minimum atomic E-state index is -2.83. The van der Waals surface area contributed by atoms with Gasteiger partial charge in [-0.15, -0.1) is 0 Å². The summed E-state index contributed by atoms with van der Waals surface area (Å²) in [5, 5.41) is 15.6. The molecule has 0 aliphatic rings. The minimum absolute atomic E-state index is 0.860. The molecule has 3 nitrogen and oxygen atoms in total. The predicted molar refractivity (Wildman–Crippen MR) is 326 cm³/mol. The van der Waals surface area contributed by atoms with Gasteiger partial charge in [0, 0.05) is 21.5 Å². The van der Waals surface area contributed by atoms with Crippen molar-refractivity contribution >= 4 is 101 Å². The van der Waals surface area contributed by atoms with Gasteiger partial charge in [-0.3, -0.25) is 9.13 Å². The molecule has 0 atom stereocenters. The molecule has 3 aromatic heterocycles. The average Bonchev–Trinajstić information content (AvgIpc) is 4.15. The molecule has 0 saturated heterocycles. The Hall–Kier alpha value is -9.40. The molecule has 358 valence electrons. The Morgan fingerprint density at radius 2 is 0.487 bits per heavy atom. The Labute approximate surface area is 444 Å². The Kier molecular flexibility index (Phi) is 11.2. The van der Waals surface area contributed by atoms with E-state index in [0.29, 0.717) is 0 Å². The summed E-state index contributed by atoms with van der Waals surface area (Å²) in [5.41, 5.74) is 6.68.